The molecule has 0 spiro atoms. The second kappa shape index (κ2) is 6.56. The molecule has 3 rings (SSSR count). The van der Waals surface area contributed by atoms with E-state index in [0.29, 0.717) is 30.0 Å². The van der Waals surface area contributed by atoms with Crippen molar-refractivity contribution in [2.45, 2.75) is 0 Å². The number of nitrogens with zero attached hydrogens (tertiary/aromatic N) is 5. The van der Waals surface area contributed by atoms with E-state index in [4.69, 9.17) is 21.6 Å². The fourth-order valence-corrected chi connectivity index (χ4v) is 2.21. The largest absolute Gasteiger partial charge is 0.378 e. The fourth-order valence-electron chi connectivity index (χ4n) is 2.10. The van der Waals surface area contributed by atoms with Crippen LogP contribution < -0.4 is 10.2 Å². The Morgan fingerprint density at radius 2 is 2.09 bits per heavy atom. The minimum absolute atomic E-state index is 0.119. The standard InChI is InChI=1S/C14H13ClN6O/c15-11-2-1-10(9-17-11)18-12-7-14(20-13(8-16)19-12)21-3-5-22-6-4-21/h1-2,7,9H,3-6H2,(H,18,19,20). The first kappa shape index (κ1) is 14.5. The van der Waals surface area contributed by atoms with Crippen molar-refractivity contribution in [3.8, 4) is 6.07 Å². The summed E-state index contributed by atoms with van der Waals surface area (Å²) in [7, 11) is 0. The third-order valence-electron chi connectivity index (χ3n) is 3.15. The number of rotatable bonds is 3. The van der Waals surface area contributed by atoms with E-state index in [0.717, 1.165) is 18.8 Å². The highest BCUT2D eigenvalue weighted by Crippen LogP contribution is 2.20. The summed E-state index contributed by atoms with van der Waals surface area (Å²) in [5, 5.41) is 12.6. The molecule has 0 aliphatic carbocycles. The number of aromatic nitrogens is 3. The maximum absolute atomic E-state index is 9.11. The first-order valence-corrected chi connectivity index (χ1v) is 7.13. The van der Waals surface area contributed by atoms with Crippen LogP contribution in [0.4, 0.5) is 17.3 Å². The number of anilines is 3. The summed E-state index contributed by atoms with van der Waals surface area (Å²) >= 11 is 5.76. The number of nitrogens with one attached hydrogen (secondary N) is 1. The smallest absolute Gasteiger partial charge is 0.236 e. The highest BCUT2D eigenvalue weighted by atomic mass is 35.5. The van der Waals surface area contributed by atoms with E-state index < -0.39 is 0 Å². The van der Waals surface area contributed by atoms with Crippen molar-refractivity contribution in [3.05, 3.63) is 35.4 Å². The highest BCUT2D eigenvalue weighted by molar-refractivity contribution is 6.29. The third-order valence-corrected chi connectivity index (χ3v) is 3.37. The van der Waals surface area contributed by atoms with Gasteiger partial charge in [0.05, 0.1) is 25.1 Å². The molecule has 1 N–H and O–H groups in total. The topological polar surface area (TPSA) is 87.0 Å². The molecular formula is C14H13ClN6O. The van der Waals surface area contributed by atoms with Crippen molar-refractivity contribution >= 4 is 28.9 Å². The lowest BCUT2D eigenvalue weighted by molar-refractivity contribution is 0.122. The van der Waals surface area contributed by atoms with Crippen LogP contribution in [0.15, 0.2) is 24.4 Å². The van der Waals surface area contributed by atoms with E-state index in [2.05, 4.69) is 25.2 Å². The van der Waals surface area contributed by atoms with Crippen molar-refractivity contribution in [1.82, 2.24) is 15.0 Å². The van der Waals surface area contributed by atoms with Crippen molar-refractivity contribution in [2.24, 2.45) is 0 Å². The minimum Gasteiger partial charge on any atom is -0.378 e. The number of halogens is 1. The Bertz CT molecular complexity index is 693. The average Bonchev–Trinajstić information content (AvgIpc) is 2.57. The zero-order valence-electron chi connectivity index (χ0n) is 11.7. The monoisotopic (exact) mass is 316 g/mol. The second-order valence-corrected chi connectivity index (χ2v) is 5.03. The number of morpholine rings is 1. The normalized spacial score (nSPS) is 14.5. The van der Waals surface area contributed by atoms with Gasteiger partial charge in [0.15, 0.2) is 0 Å². The Kier molecular flexibility index (Phi) is 4.32. The van der Waals surface area contributed by atoms with E-state index in [-0.39, 0.29) is 5.82 Å². The van der Waals surface area contributed by atoms with Crippen LogP contribution in [0.3, 0.4) is 0 Å². The minimum atomic E-state index is 0.119. The first-order valence-electron chi connectivity index (χ1n) is 6.75. The molecule has 0 aromatic carbocycles. The highest BCUT2D eigenvalue weighted by Gasteiger charge is 2.15. The fraction of sp³-hybridized carbons (Fsp3) is 0.286. The van der Waals surface area contributed by atoms with Crippen LogP contribution in [0.1, 0.15) is 5.82 Å². The van der Waals surface area contributed by atoms with Crippen LogP contribution in [-0.4, -0.2) is 41.3 Å². The summed E-state index contributed by atoms with van der Waals surface area (Å²) in [6, 6.07) is 7.26. The zero-order chi connectivity index (χ0) is 15.4. The van der Waals surface area contributed by atoms with Gasteiger partial charge in [-0.05, 0) is 12.1 Å². The van der Waals surface area contributed by atoms with E-state index in [1.165, 1.54) is 0 Å². The molecule has 2 aromatic rings. The Morgan fingerprint density at radius 1 is 1.27 bits per heavy atom. The molecule has 0 amide bonds. The third kappa shape index (κ3) is 3.42. The molecule has 1 aliphatic heterocycles. The molecule has 1 fully saturated rings. The van der Waals surface area contributed by atoms with Crippen LogP contribution in [0.5, 0.6) is 0 Å². The van der Waals surface area contributed by atoms with Gasteiger partial charge in [0.1, 0.15) is 22.9 Å². The van der Waals surface area contributed by atoms with E-state index >= 15 is 0 Å². The molecule has 8 heteroatoms. The van der Waals surface area contributed by atoms with Gasteiger partial charge < -0.3 is 15.0 Å². The molecule has 0 atom stereocenters. The molecule has 0 unspecified atom stereocenters. The van der Waals surface area contributed by atoms with Gasteiger partial charge in [-0.1, -0.05) is 11.6 Å². The Labute approximate surface area is 132 Å². The van der Waals surface area contributed by atoms with Gasteiger partial charge in [0.25, 0.3) is 0 Å². The van der Waals surface area contributed by atoms with Gasteiger partial charge >= 0.3 is 0 Å². The summed E-state index contributed by atoms with van der Waals surface area (Å²) in [5.41, 5.74) is 0.736. The summed E-state index contributed by atoms with van der Waals surface area (Å²) in [4.78, 5) is 14.5. The summed E-state index contributed by atoms with van der Waals surface area (Å²) in [6.07, 6.45) is 1.60. The summed E-state index contributed by atoms with van der Waals surface area (Å²) in [6.45, 7) is 2.78. The van der Waals surface area contributed by atoms with Gasteiger partial charge in [-0.25, -0.2) is 15.0 Å². The molecule has 0 saturated carbocycles. The SMILES string of the molecule is N#Cc1nc(Nc2ccc(Cl)nc2)cc(N2CCOCC2)n1. The summed E-state index contributed by atoms with van der Waals surface area (Å²) in [5.74, 6) is 1.37. The molecule has 3 heterocycles. The van der Waals surface area contributed by atoms with Crippen molar-refractivity contribution in [1.29, 1.82) is 5.26 Å². The Hall–Kier alpha value is -2.43. The Morgan fingerprint density at radius 3 is 2.77 bits per heavy atom. The molecule has 1 aliphatic rings. The van der Waals surface area contributed by atoms with Crippen LogP contribution in [-0.2, 0) is 4.74 Å². The van der Waals surface area contributed by atoms with Crippen LogP contribution in [0.2, 0.25) is 5.15 Å². The number of pyridine rings is 1. The molecule has 22 heavy (non-hydrogen) atoms. The predicted molar refractivity (Wildman–Crippen MR) is 82.3 cm³/mol. The van der Waals surface area contributed by atoms with Gasteiger partial charge in [0, 0.05) is 19.2 Å². The second-order valence-electron chi connectivity index (χ2n) is 4.64. The molecular weight excluding hydrogens is 304 g/mol. The average molecular weight is 317 g/mol. The predicted octanol–water partition coefficient (Wildman–Crippen LogP) is 1.98. The number of ether oxygens (including phenoxy) is 1. The lowest BCUT2D eigenvalue weighted by atomic mass is 10.3. The van der Waals surface area contributed by atoms with E-state index in [1.54, 1.807) is 24.4 Å². The molecule has 112 valence electrons. The van der Waals surface area contributed by atoms with E-state index in [1.807, 2.05) is 6.07 Å². The maximum atomic E-state index is 9.11. The number of hydrogen-bond acceptors (Lipinski definition) is 7. The molecule has 0 radical (unpaired) electrons. The van der Waals surface area contributed by atoms with Gasteiger partial charge in [0.2, 0.25) is 5.82 Å². The Balaban J connectivity index is 1.86. The van der Waals surface area contributed by atoms with Gasteiger partial charge in [-0.3, -0.25) is 0 Å². The molecule has 7 nitrogen and oxygen atoms in total. The van der Waals surface area contributed by atoms with Gasteiger partial charge in [-0.15, -0.1) is 0 Å². The van der Waals surface area contributed by atoms with Crippen LogP contribution >= 0.6 is 11.6 Å². The number of nitriles is 1. The van der Waals surface area contributed by atoms with Crippen molar-refractivity contribution in [3.63, 3.8) is 0 Å². The zero-order valence-corrected chi connectivity index (χ0v) is 12.4. The lowest BCUT2D eigenvalue weighted by Gasteiger charge is -2.28. The van der Waals surface area contributed by atoms with Gasteiger partial charge in [-0.2, -0.15) is 5.26 Å². The van der Waals surface area contributed by atoms with Crippen LogP contribution in [0, 0.1) is 11.3 Å². The number of hydrogen-bond donors (Lipinski definition) is 1. The molecule has 2 aromatic heterocycles. The van der Waals surface area contributed by atoms with Crippen molar-refractivity contribution in [2.75, 3.05) is 36.5 Å². The molecule has 0 bridgehead atoms. The molecule has 1 saturated heterocycles. The maximum Gasteiger partial charge on any atom is 0.236 e. The van der Waals surface area contributed by atoms with Crippen LogP contribution in [0.25, 0.3) is 0 Å². The first-order chi connectivity index (χ1) is 10.7. The summed E-state index contributed by atoms with van der Waals surface area (Å²) < 4.78 is 5.33. The lowest BCUT2D eigenvalue weighted by Crippen LogP contribution is -2.37. The van der Waals surface area contributed by atoms with Crippen molar-refractivity contribution < 1.29 is 4.74 Å². The van der Waals surface area contributed by atoms with E-state index in [9.17, 15) is 0 Å². The quantitative estimate of drug-likeness (QED) is 0.866.